The number of hydrogen-bond acceptors (Lipinski definition) is 2. The first-order chi connectivity index (χ1) is 5.11. The van der Waals surface area contributed by atoms with Crippen molar-refractivity contribution in [2.45, 2.75) is 31.4 Å². The number of primary amides is 1. The van der Waals surface area contributed by atoms with Gasteiger partial charge in [0.25, 0.3) is 6.43 Å². The predicted octanol–water partition coefficient (Wildman–Crippen LogP) is -0.143. The van der Waals surface area contributed by atoms with Crippen LogP contribution < -0.4 is 11.1 Å². The average Bonchev–Trinajstić information content (AvgIpc) is 2.33. The molecule has 0 spiro atoms. The zero-order valence-electron chi connectivity index (χ0n) is 5.89. The number of amides is 1. The van der Waals surface area contributed by atoms with Crippen molar-refractivity contribution in [3.63, 3.8) is 0 Å². The molecule has 1 aliphatic heterocycles. The third kappa shape index (κ3) is 1.86. The van der Waals surface area contributed by atoms with Gasteiger partial charge in [0.15, 0.2) is 0 Å². The van der Waals surface area contributed by atoms with Crippen LogP contribution >= 0.6 is 0 Å². The molecule has 0 aromatic carbocycles. The van der Waals surface area contributed by atoms with E-state index in [1.165, 1.54) is 0 Å². The van der Waals surface area contributed by atoms with Gasteiger partial charge < -0.3 is 5.73 Å². The van der Waals surface area contributed by atoms with Crippen LogP contribution in [0.4, 0.5) is 8.78 Å². The monoisotopic (exact) mass is 164 g/mol. The summed E-state index contributed by atoms with van der Waals surface area (Å²) in [6.07, 6.45) is -1.66. The quantitative estimate of drug-likeness (QED) is 0.596. The highest BCUT2D eigenvalue weighted by atomic mass is 19.3. The van der Waals surface area contributed by atoms with Gasteiger partial charge in [-0.3, -0.25) is 10.1 Å². The number of nitrogens with one attached hydrogen (secondary N) is 1. The highest BCUT2D eigenvalue weighted by Crippen LogP contribution is 2.17. The highest BCUT2D eigenvalue weighted by Gasteiger charge is 2.32. The predicted molar refractivity (Wildman–Crippen MR) is 35.1 cm³/mol. The van der Waals surface area contributed by atoms with Crippen molar-refractivity contribution in [1.82, 2.24) is 5.32 Å². The molecule has 0 bridgehead atoms. The van der Waals surface area contributed by atoms with Crippen LogP contribution in [0.25, 0.3) is 0 Å². The first kappa shape index (κ1) is 8.39. The van der Waals surface area contributed by atoms with E-state index < -0.39 is 24.4 Å². The molecule has 0 radical (unpaired) electrons. The van der Waals surface area contributed by atoms with E-state index in [0.29, 0.717) is 12.8 Å². The Bertz CT molecular complexity index is 163. The molecule has 1 amide bonds. The maximum Gasteiger partial charge on any atom is 0.253 e. The summed E-state index contributed by atoms with van der Waals surface area (Å²) in [7, 11) is 0. The minimum absolute atomic E-state index is 0.325. The van der Waals surface area contributed by atoms with Crippen LogP contribution in [0, 0.1) is 0 Å². The van der Waals surface area contributed by atoms with Gasteiger partial charge in [0.2, 0.25) is 5.91 Å². The topological polar surface area (TPSA) is 55.1 Å². The fourth-order valence-electron chi connectivity index (χ4n) is 1.19. The molecule has 0 aromatic rings. The van der Waals surface area contributed by atoms with E-state index in [2.05, 4.69) is 5.32 Å². The third-order valence-corrected chi connectivity index (χ3v) is 1.83. The molecule has 2 atom stereocenters. The molecule has 1 aliphatic rings. The van der Waals surface area contributed by atoms with Gasteiger partial charge in [-0.2, -0.15) is 0 Å². The second-order valence-corrected chi connectivity index (χ2v) is 2.64. The first-order valence-corrected chi connectivity index (χ1v) is 3.45. The maximum absolute atomic E-state index is 12.0. The molecule has 11 heavy (non-hydrogen) atoms. The minimum atomic E-state index is -2.40. The normalized spacial score (nSPS) is 31.2. The summed E-state index contributed by atoms with van der Waals surface area (Å²) in [6.45, 7) is 0. The molecular weight excluding hydrogens is 154 g/mol. The van der Waals surface area contributed by atoms with E-state index >= 15 is 0 Å². The lowest BCUT2D eigenvalue weighted by atomic mass is 10.2. The van der Waals surface area contributed by atoms with Gasteiger partial charge in [-0.15, -0.1) is 0 Å². The van der Waals surface area contributed by atoms with E-state index in [0.717, 1.165) is 0 Å². The van der Waals surface area contributed by atoms with Crippen LogP contribution in [-0.4, -0.2) is 24.4 Å². The molecule has 0 aromatic heterocycles. The van der Waals surface area contributed by atoms with Gasteiger partial charge >= 0.3 is 0 Å². The number of rotatable bonds is 2. The van der Waals surface area contributed by atoms with Crippen molar-refractivity contribution in [2.24, 2.45) is 5.73 Å². The smallest absolute Gasteiger partial charge is 0.253 e. The van der Waals surface area contributed by atoms with Crippen molar-refractivity contribution < 1.29 is 13.6 Å². The Morgan fingerprint density at radius 1 is 1.55 bits per heavy atom. The second kappa shape index (κ2) is 3.13. The van der Waals surface area contributed by atoms with Crippen molar-refractivity contribution in [3.8, 4) is 0 Å². The third-order valence-electron chi connectivity index (χ3n) is 1.83. The largest absolute Gasteiger partial charge is 0.368 e. The van der Waals surface area contributed by atoms with Crippen LogP contribution in [0.3, 0.4) is 0 Å². The number of hydrogen-bond donors (Lipinski definition) is 2. The fraction of sp³-hybridized carbons (Fsp3) is 0.833. The van der Waals surface area contributed by atoms with Gasteiger partial charge in [-0.25, -0.2) is 8.78 Å². The molecular formula is C6H10F2N2O. The maximum atomic E-state index is 12.0. The van der Waals surface area contributed by atoms with Crippen LogP contribution in [0.1, 0.15) is 12.8 Å². The average molecular weight is 164 g/mol. The van der Waals surface area contributed by atoms with E-state index in [1.54, 1.807) is 0 Å². The lowest BCUT2D eigenvalue weighted by Gasteiger charge is -2.09. The van der Waals surface area contributed by atoms with Crippen molar-refractivity contribution in [1.29, 1.82) is 0 Å². The van der Waals surface area contributed by atoms with E-state index in [-0.39, 0.29) is 0 Å². The standard InChI is InChI=1S/C6H10F2N2O/c7-5(8)3-1-2-4(10-3)6(9)11/h3-5,10H,1-2H2,(H2,9,11). The van der Waals surface area contributed by atoms with Crippen LogP contribution in [0.2, 0.25) is 0 Å². The van der Waals surface area contributed by atoms with Gasteiger partial charge in [0, 0.05) is 0 Å². The molecule has 2 unspecified atom stereocenters. The van der Waals surface area contributed by atoms with Gasteiger partial charge in [0.1, 0.15) is 0 Å². The molecule has 0 saturated carbocycles. The van der Waals surface area contributed by atoms with Gasteiger partial charge in [-0.05, 0) is 12.8 Å². The summed E-state index contributed by atoms with van der Waals surface area (Å²) < 4.78 is 23.9. The number of carbonyl (C=O) groups is 1. The summed E-state index contributed by atoms with van der Waals surface area (Å²) in [4.78, 5) is 10.5. The summed E-state index contributed by atoms with van der Waals surface area (Å²) >= 11 is 0. The van der Waals surface area contributed by atoms with E-state index in [4.69, 9.17) is 5.73 Å². The van der Waals surface area contributed by atoms with Crippen LogP contribution in [0.15, 0.2) is 0 Å². The Hall–Kier alpha value is -0.710. The SMILES string of the molecule is NC(=O)C1CCC(C(F)F)N1. The minimum Gasteiger partial charge on any atom is -0.368 e. The molecule has 1 rings (SSSR count). The number of nitrogens with two attached hydrogens (primary N) is 1. The lowest BCUT2D eigenvalue weighted by molar-refractivity contribution is -0.119. The Kier molecular flexibility index (Phi) is 2.38. The van der Waals surface area contributed by atoms with Crippen LogP contribution in [0.5, 0.6) is 0 Å². The molecule has 1 fully saturated rings. The Labute approximate surface area is 62.9 Å². The molecule has 0 aliphatic carbocycles. The second-order valence-electron chi connectivity index (χ2n) is 2.64. The zero-order valence-corrected chi connectivity index (χ0v) is 5.89. The summed E-state index contributed by atoms with van der Waals surface area (Å²) in [5.41, 5.74) is 4.91. The number of carbonyl (C=O) groups excluding carboxylic acids is 1. The van der Waals surface area contributed by atoms with E-state index in [9.17, 15) is 13.6 Å². The van der Waals surface area contributed by atoms with Crippen molar-refractivity contribution in [2.75, 3.05) is 0 Å². The molecule has 3 N–H and O–H groups in total. The number of alkyl halides is 2. The molecule has 64 valence electrons. The van der Waals surface area contributed by atoms with Crippen LogP contribution in [-0.2, 0) is 4.79 Å². The Morgan fingerprint density at radius 3 is 2.45 bits per heavy atom. The summed E-state index contributed by atoms with van der Waals surface area (Å²) in [5.74, 6) is -0.548. The zero-order chi connectivity index (χ0) is 8.43. The number of halogens is 2. The fourth-order valence-corrected chi connectivity index (χ4v) is 1.19. The van der Waals surface area contributed by atoms with E-state index in [1.807, 2.05) is 0 Å². The van der Waals surface area contributed by atoms with Crippen molar-refractivity contribution in [3.05, 3.63) is 0 Å². The first-order valence-electron chi connectivity index (χ1n) is 3.45. The van der Waals surface area contributed by atoms with Gasteiger partial charge in [0.05, 0.1) is 12.1 Å². The molecule has 3 nitrogen and oxygen atoms in total. The highest BCUT2D eigenvalue weighted by molar-refractivity contribution is 5.80. The molecule has 1 heterocycles. The lowest BCUT2D eigenvalue weighted by Crippen LogP contribution is -2.41. The summed E-state index contributed by atoms with van der Waals surface area (Å²) in [5, 5.41) is 2.47. The Morgan fingerprint density at radius 2 is 2.18 bits per heavy atom. The Balaban J connectivity index is 2.41. The molecule has 5 heteroatoms. The summed E-state index contributed by atoms with van der Waals surface area (Å²) in [6, 6.07) is -1.42. The van der Waals surface area contributed by atoms with Gasteiger partial charge in [-0.1, -0.05) is 0 Å². The molecule has 1 saturated heterocycles. The van der Waals surface area contributed by atoms with Crippen molar-refractivity contribution >= 4 is 5.91 Å².